The summed E-state index contributed by atoms with van der Waals surface area (Å²) < 4.78 is 5.30. The van der Waals surface area contributed by atoms with Crippen molar-refractivity contribution in [1.29, 1.82) is 0 Å². The number of carbonyl (C=O) groups is 3. The number of aryl methyl sites for hydroxylation is 1. The highest BCUT2D eigenvalue weighted by molar-refractivity contribution is 5.89. The highest BCUT2D eigenvalue weighted by Crippen LogP contribution is 2.27. The topological polar surface area (TPSA) is 70.2 Å². The van der Waals surface area contributed by atoms with E-state index < -0.39 is 0 Å². The SMILES string of the molecule is O=C(CCCc1ccccc1)N1CC(N2CC(C(=O)N3CCOCC3)CC2=O)C1. The molecule has 1 aromatic carbocycles. The van der Waals surface area contributed by atoms with E-state index in [1.54, 1.807) is 0 Å². The van der Waals surface area contributed by atoms with Gasteiger partial charge in [-0.2, -0.15) is 0 Å². The molecule has 7 nitrogen and oxygen atoms in total. The van der Waals surface area contributed by atoms with Crippen LogP contribution in [0.4, 0.5) is 0 Å². The molecule has 1 unspecified atom stereocenters. The molecule has 0 bridgehead atoms. The van der Waals surface area contributed by atoms with Crippen LogP contribution in [0, 0.1) is 5.92 Å². The fourth-order valence-electron chi connectivity index (χ4n) is 4.39. The van der Waals surface area contributed by atoms with Crippen LogP contribution < -0.4 is 0 Å². The van der Waals surface area contributed by atoms with E-state index in [0.29, 0.717) is 52.4 Å². The van der Waals surface area contributed by atoms with Crippen molar-refractivity contribution in [2.45, 2.75) is 31.7 Å². The largest absolute Gasteiger partial charge is 0.378 e. The Labute approximate surface area is 171 Å². The van der Waals surface area contributed by atoms with Gasteiger partial charge in [-0.3, -0.25) is 14.4 Å². The highest BCUT2D eigenvalue weighted by atomic mass is 16.5. The van der Waals surface area contributed by atoms with Gasteiger partial charge in [0.25, 0.3) is 0 Å². The van der Waals surface area contributed by atoms with Crippen LogP contribution >= 0.6 is 0 Å². The average Bonchev–Trinajstić information content (AvgIpc) is 3.09. The first-order valence-corrected chi connectivity index (χ1v) is 10.6. The van der Waals surface area contributed by atoms with Crippen molar-refractivity contribution in [3.63, 3.8) is 0 Å². The Bertz CT molecular complexity index is 742. The first-order chi connectivity index (χ1) is 14.1. The second-order valence-corrected chi connectivity index (χ2v) is 8.18. The van der Waals surface area contributed by atoms with Gasteiger partial charge in [-0.1, -0.05) is 30.3 Å². The molecule has 3 fully saturated rings. The first kappa shape index (κ1) is 19.9. The average molecular weight is 399 g/mol. The van der Waals surface area contributed by atoms with Crippen molar-refractivity contribution in [1.82, 2.24) is 14.7 Å². The fourth-order valence-corrected chi connectivity index (χ4v) is 4.39. The molecule has 4 rings (SSSR count). The van der Waals surface area contributed by atoms with Crippen LogP contribution in [0.1, 0.15) is 24.8 Å². The number of rotatable bonds is 6. The summed E-state index contributed by atoms with van der Waals surface area (Å²) in [6.45, 7) is 4.02. The molecule has 3 amide bonds. The number of ether oxygens (including phenoxy) is 1. The summed E-state index contributed by atoms with van der Waals surface area (Å²) in [6, 6.07) is 10.2. The normalized spacial score (nSPS) is 22.7. The van der Waals surface area contributed by atoms with E-state index in [1.165, 1.54) is 5.56 Å². The molecule has 156 valence electrons. The van der Waals surface area contributed by atoms with E-state index >= 15 is 0 Å². The Balaban J connectivity index is 1.19. The van der Waals surface area contributed by atoms with Crippen LogP contribution in [0.3, 0.4) is 0 Å². The molecule has 0 radical (unpaired) electrons. The lowest BCUT2D eigenvalue weighted by atomic mass is 10.0. The Morgan fingerprint density at radius 3 is 2.45 bits per heavy atom. The Morgan fingerprint density at radius 2 is 1.72 bits per heavy atom. The first-order valence-electron chi connectivity index (χ1n) is 10.6. The number of benzene rings is 1. The second-order valence-electron chi connectivity index (χ2n) is 8.18. The molecule has 0 aliphatic carbocycles. The van der Waals surface area contributed by atoms with Gasteiger partial charge in [0.05, 0.1) is 25.2 Å². The third-order valence-corrected chi connectivity index (χ3v) is 6.19. The van der Waals surface area contributed by atoms with Gasteiger partial charge in [-0.25, -0.2) is 0 Å². The molecule has 3 heterocycles. The number of likely N-dealkylation sites (tertiary alicyclic amines) is 2. The van der Waals surface area contributed by atoms with Crippen LogP contribution in [-0.2, 0) is 25.5 Å². The molecule has 1 aromatic rings. The van der Waals surface area contributed by atoms with E-state index in [9.17, 15) is 14.4 Å². The van der Waals surface area contributed by atoms with Crippen molar-refractivity contribution >= 4 is 17.7 Å². The maximum Gasteiger partial charge on any atom is 0.228 e. The summed E-state index contributed by atoms with van der Waals surface area (Å²) in [5.74, 6) is 0.0103. The molecular formula is C22H29N3O4. The van der Waals surface area contributed by atoms with E-state index in [0.717, 1.165) is 12.8 Å². The van der Waals surface area contributed by atoms with E-state index in [2.05, 4.69) is 12.1 Å². The maximum absolute atomic E-state index is 12.7. The van der Waals surface area contributed by atoms with Crippen molar-refractivity contribution in [2.24, 2.45) is 5.92 Å². The van der Waals surface area contributed by atoms with Gasteiger partial charge < -0.3 is 19.4 Å². The number of nitrogens with zero attached hydrogens (tertiary/aromatic N) is 3. The minimum atomic E-state index is -0.253. The van der Waals surface area contributed by atoms with E-state index in [4.69, 9.17) is 4.74 Å². The summed E-state index contributed by atoms with van der Waals surface area (Å²) in [6.07, 6.45) is 2.56. The number of carbonyl (C=O) groups excluding carboxylic acids is 3. The summed E-state index contributed by atoms with van der Waals surface area (Å²) in [7, 11) is 0. The Morgan fingerprint density at radius 1 is 1.00 bits per heavy atom. The van der Waals surface area contributed by atoms with E-state index in [1.807, 2.05) is 32.9 Å². The summed E-state index contributed by atoms with van der Waals surface area (Å²) in [5, 5.41) is 0. The number of hydrogen-bond acceptors (Lipinski definition) is 4. The smallest absolute Gasteiger partial charge is 0.228 e. The van der Waals surface area contributed by atoms with Crippen LogP contribution in [-0.4, -0.2) is 84.4 Å². The standard InChI is InChI=1S/C22H29N3O4/c26-20(8-4-7-17-5-2-1-3-6-17)24-15-19(16-24)25-14-18(13-21(25)27)22(28)23-9-11-29-12-10-23/h1-3,5-6,18-19H,4,7-16H2. The van der Waals surface area contributed by atoms with Gasteiger partial charge in [0.2, 0.25) is 17.7 Å². The van der Waals surface area contributed by atoms with Gasteiger partial charge >= 0.3 is 0 Å². The minimum Gasteiger partial charge on any atom is -0.378 e. The predicted octanol–water partition coefficient (Wildman–Crippen LogP) is 0.927. The maximum atomic E-state index is 12.7. The lowest BCUT2D eigenvalue weighted by molar-refractivity contribution is -0.144. The minimum absolute atomic E-state index is 0.0396. The zero-order chi connectivity index (χ0) is 20.2. The van der Waals surface area contributed by atoms with Gasteiger partial charge in [0, 0.05) is 45.6 Å². The second kappa shape index (κ2) is 8.95. The molecule has 0 spiro atoms. The monoisotopic (exact) mass is 399 g/mol. The summed E-state index contributed by atoms with van der Waals surface area (Å²) in [5.41, 5.74) is 1.25. The van der Waals surface area contributed by atoms with Crippen LogP contribution in [0.15, 0.2) is 30.3 Å². The van der Waals surface area contributed by atoms with Crippen molar-refractivity contribution in [3.8, 4) is 0 Å². The van der Waals surface area contributed by atoms with Gasteiger partial charge in [-0.15, -0.1) is 0 Å². The molecule has 3 saturated heterocycles. The van der Waals surface area contributed by atoms with Gasteiger partial charge in [0.1, 0.15) is 0 Å². The van der Waals surface area contributed by atoms with Crippen molar-refractivity contribution < 1.29 is 19.1 Å². The lowest BCUT2D eigenvalue weighted by Crippen LogP contribution is -2.61. The molecular weight excluding hydrogens is 370 g/mol. The number of hydrogen-bond donors (Lipinski definition) is 0. The summed E-state index contributed by atoms with van der Waals surface area (Å²) >= 11 is 0. The van der Waals surface area contributed by atoms with Crippen LogP contribution in [0.2, 0.25) is 0 Å². The van der Waals surface area contributed by atoms with Crippen molar-refractivity contribution in [3.05, 3.63) is 35.9 Å². The summed E-state index contributed by atoms with van der Waals surface area (Å²) in [4.78, 5) is 42.9. The molecule has 3 aliphatic heterocycles. The fraction of sp³-hybridized carbons (Fsp3) is 0.591. The van der Waals surface area contributed by atoms with Gasteiger partial charge in [0.15, 0.2) is 0 Å². The quantitative estimate of drug-likeness (QED) is 0.714. The molecule has 0 saturated carbocycles. The Kier molecular flexibility index (Phi) is 6.13. The molecule has 29 heavy (non-hydrogen) atoms. The lowest BCUT2D eigenvalue weighted by Gasteiger charge is -2.44. The van der Waals surface area contributed by atoms with Gasteiger partial charge in [-0.05, 0) is 18.4 Å². The third kappa shape index (κ3) is 4.61. The van der Waals surface area contributed by atoms with Crippen molar-refractivity contribution in [2.75, 3.05) is 45.9 Å². The predicted molar refractivity (Wildman–Crippen MR) is 107 cm³/mol. The Hall–Kier alpha value is -2.41. The molecule has 7 heteroatoms. The zero-order valence-electron chi connectivity index (χ0n) is 16.8. The molecule has 0 N–H and O–H groups in total. The zero-order valence-corrected chi connectivity index (χ0v) is 16.8. The van der Waals surface area contributed by atoms with Crippen LogP contribution in [0.5, 0.6) is 0 Å². The third-order valence-electron chi connectivity index (χ3n) is 6.19. The molecule has 3 aliphatic rings. The number of morpholine rings is 1. The number of amides is 3. The molecule has 1 atom stereocenters. The van der Waals surface area contributed by atoms with E-state index in [-0.39, 0.29) is 36.1 Å². The highest BCUT2D eigenvalue weighted by Gasteiger charge is 2.44. The molecule has 0 aromatic heterocycles. The van der Waals surface area contributed by atoms with Crippen LogP contribution in [0.25, 0.3) is 0 Å².